The molecule has 0 radical (unpaired) electrons. The molecule has 0 aliphatic carbocycles. The van der Waals surface area contributed by atoms with E-state index in [1.165, 1.54) is 0 Å². The van der Waals surface area contributed by atoms with Crippen molar-refractivity contribution in [1.82, 2.24) is 5.32 Å². The lowest BCUT2D eigenvalue weighted by atomic mass is 10.2. The summed E-state index contributed by atoms with van der Waals surface area (Å²) in [4.78, 5) is 0.888. The first-order valence-electron chi connectivity index (χ1n) is 2.87. The van der Waals surface area contributed by atoms with E-state index in [9.17, 15) is 0 Å². The predicted molar refractivity (Wildman–Crippen MR) is 41.1 cm³/mol. The fourth-order valence-electron chi connectivity index (χ4n) is 0.348. The van der Waals surface area contributed by atoms with Gasteiger partial charge in [0.05, 0.1) is 4.99 Å². The highest BCUT2D eigenvalue weighted by molar-refractivity contribution is 7.80. The van der Waals surface area contributed by atoms with Gasteiger partial charge in [0.2, 0.25) is 0 Å². The van der Waals surface area contributed by atoms with Crippen LogP contribution in [0, 0.1) is 5.92 Å². The molecule has 0 aromatic carbocycles. The van der Waals surface area contributed by atoms with Crippen molar-refractivity contribution in [2.75, 3.05) is 6.54 Å². The van der Waals surface area contributed by atoms with Crippen molar-refractivity contribution < 1.29 is 0 Å². The fourth-order valence-corrected chi connectivity index (χ4v) is 0.431. The second-order valence-electron chi connectivity index (χ2n) is 2.33. The molecule has 0 aromatic rings. The predicted octanol–water partition coefficient (Wildman–Crippen LogP) is 1.58. The first kappa shape index (κ1) is 7.89. The summed E-state index contributed by atoms with van der Waals surface area (Å²) in [5, 5.41) is 3.08. The van der Waals surface area contributed by atoms with E-state index in [1.54, 1.807) is 0 Å². The van der Waals surface area contributed by atoms with Crippen LogP contribution >= 0.6 is 12.2 Å². The molecule has 0 spiro atoms. The van der Waals surface area contributed by atoms with Crippen molar-refractivity contribution in [3.05, 3.63) is 0 Å². The minimum atomic E-state index is 0.688. The molecule has 0 aliphatic heterocycles. The minimum absolute atomic E-state index is 0.688. The molecule has 0 atom stereocenters. The highest BCUT2D eigenvalue weighted by Crippen LogP contribution is 1.86. The summed E-state index contributed by atoms with van der Waals surface area (Å²) in [5.41, 5.74) is 0. The van der Waals surface area contributed by atoms with Crippen LogP contribution in [0.5, 0.6) is 0 Å². The third kappa shape index (κ3) is 5.89. The van der Waals surface area contributed by atoms with Crippen molar-refractivity contribution >= 4 is 17.2 Å². The van der Waals surface area contributed by atoms with Crippen LogP contribution in [0.15, 0.2) is 0 Å². The molecule has 0 heterocycles. The first-order chi connectivity index (χ1) is 3.63. The standard InChI is InChI=1S/C6H13NS/c1-5(2)4-7-6(3)8/h5H,4H2,1-3H3,(H,7,8). The third-order valence-corrected chi connectivity index (χ3v) is 0.904. The Morgan fingerprint density at radius 3 is 2.25 bits per heavy atom. The van der Waals surface area contributed by atoms with E-state index in [2.05, 4.69) is 19.2 Å². The van der Waals surface area contributed by atoms with E-state index in [1.807, 2.05) is 6.92 Å². The van der Waals surface area contributed by atoms with Gasteiger partial charge in [0.1, 0.15) is 0 Å². The molecule has 0 bridgehead atoms. The van der Waals surface area contributed by atoms with E-state index in [4.69, 9.17) is 12.2 Å². The van der Waals surface area contributed by atoms with Crippen LogP contribution in [-0.2, 0) is 0 Å². The lowest BCUT2D eigenvalue weighted by Gasteiger charge is -2.04. The van der Waals surface area contributed by atoms with Gasteiger partial charge in [-0.2, -0.15) is 0 Å². The second-order valence-corrected chi connectivity index (χ2v) is 2.94. The maximum atomic E-state index is 4.80. The minimum Gasteiger partial charge on any atom is -0.380 e. The number of hydrogen-bond donors (Lipinski definition) is 1. The quantitative estimate of drug-likeness (QED) is 0.571. The summed E-state index contributed by atoms with van der Waals surface area (Å²) in [6.07, 6.45) is 0. The third-order valence-electron chi connectivity index (χ3n) is 0.759. The summed E-state index contributed by atoms with van der Waals surface area (Å²) in [6, 6.07) is 0. The van der Waals surface area contributed by atoms with E-state index >= 15 is 0 Å². The van der Waals surface area contributed by atoms with Gasteiger partial charge in [0.15, 0.2) is 0 Å². The number of hydrogen-bond acceptors (Lipinski definition) is 1. The average Bonchev–Trinajstić information content (AvgIpc) is 1.61. The topological polar surface area (TPSA) is 12.0 Å². The van der Waals surface area contributed by atoms with E-state index in [-0.39, 0.29) is 0 Å². The van der Waals surface area contributed by atoms with Crippen molar-refractivity contribution in [3.8, 4) is 0 Å². The molecule has 0 saturated carbocycles. The number of nitrogens with one attached hydrogen (secondary N) is 1. The maximum Gasteiger partial charge on any atom is 0.0721 e. The zero-order valence-electron chi connectivity index (χ0n) is 5.69. The van der Waals surface area contributed by atoms with E-state index < -0.39 is 0 Å². The van der Waals surface area contributed by atoms with Crippen LogP contribution in [0.25, 0.3) is 0 Å². The van der Waals surface area contributed by atoms with Crippen LogP contribution in [-0.4, -0.2) is 11.5 Å². The second kappa shape index (κ2) is 3.84. The van der Waals surface area contributed by atoms with Crippen molar-refractivity contribution in [2.45, 2.75) is 20.8 Å². The van der Waals surface area contributed by atoms with Crippen molar-refractivity contribution in [3.63, 3.8) is 0 Å². The molecule has 8 heavy (non-hydrogen) atoms. The Bertz CT molecular complexity index is 78.6. The Balaban J connectivity index is 3.05. The Labute approximate surface area is 56.5 Å². The highest BCUT2D eigenvalue weighted by atomic mass is 32.1. The lowest BCUT2D eigenvalue weighted by Crippen LogP contribution is -2.22. The Morgan fingerprint density at radius 2 is 2.12 bits per heavy atom. The summed E-state index contributed by atoms with van der Waals surface area (Å²) in [7, 11) is 0. The summed E-state index contributed by atoms with van der Waals surface area (Å²) >= 11 is 4.80. The molecule has 1 N–H and O–H groups in total. The van der Waals surface area contributed by atoms with Gasteiger partial charge in [-0.15, -0.1) is 0 Å². The SMILES string of the molecule is CC(=S)NCC(C)C. The van der Waals surface area contributed by atoms with Crippen LogP contribution < -0.4 is 5.32 Å². The summed E-state index contributed by atoms with van der Waals surface area (Å²) in [6.45, 7) is 7.21. The number of thiocarbonyl (C=S) groups is 1. The van der Waals surface area contributed by atoms with Gasteiger partial charge in [0, 0.05) is 6.54 Å². The summed E-state index contributed by atoms with van der Waals surface area (Å²) < 4.78 is 0. The fraction of sp³-hybridized carbons (Fsp3) is 0.833. The van der Waals surface area contributed by atoms with Gasteiger partial charge in [-0.3, -0.25) is 0 Å². The summed E-state index contributed by atoms with van der Waals surface area (Å²) in [5.74, 6) is 0.688. The normalized spacial score (nSPS) is 9.50. The molecule has 0 fully saturated rings. The van der Waals surface area contributed by atoms with Gasteiger partial charge in [-0.25, -0.2) is 0 Å². The molecular formula is C6H13NS. The highest BCUT2D eigenvalue weighted by Gasteiger charge is 1.90. The smallest absolute Gasteiger partial charge is 0.0721 e. The van der Waals surface area contributed by atoms with Gasteiger partial charge < -0.3 is 5.32 Å². The first-order valence-corrected chi connectivity index (χ1v) is 3.28. The van der Waals surface area contributed by atoms with Crippen molar-refractivity contribution in [1.29, 1.82) is 0 Å². The maximum absolute atomic E-state index is 4.80. The molecule has 0 amide bonds. The van der Waals surface area contributed by atoms with E-state index in [0.29, 0.717) is 5.92 Å². The van der Waals surface area contributed by atoms with E-state index in [0.717, 1.165) is 11.5 Å². The van der Waals surface area contributed by atoms with Gasteiger partial charge in [0.25, 0.3) is 0 Å². The largest absolute Gasteiger partial charge is 0.380 e. The Morgan fingerprint density at radius 1 is 1.62 bits per heavy atom. The molecule has 0 aromatic heterocycles. The molecule has 0 rings (SSSR count). The monoisotopic (exact) mass is 131 g/mol. The van der Waals surface area contributed by atoms with Gasteiger partial charge in [-0.1, -0.05) is 26.1 Å². The van der Waals surface area contributed by atoms with Crippen LogP contribution in [0.3, 0.4) is 0 Å². The molecule has 2 heteroatoms. The Kier molecular flexibility index (Phi) is 3.79. The molecule has 48 valence electrons. The van der Waals surface area contributed by atoms with Gasteiger partial charge in [-0.05, 0) is 12.8 Å². The molecule has 0 unspecified atom stereocenters. The zero-order chi connectivity index (χ0) is 6.57. The van der Waals surface area contributed by atoms with Crippen LogP contribution in [0.2, 0.25) is 0 Å². The average molecular weight is 131 g/mol. The molecule has 0 aliphatic rings. The Hall–Kier alpha value is -0.110. The zero-order valence-corrected chi connectivity index (χ0v) is 6.51. The van der Waals surface area contributed by atoms with Crippen LogP contribution in [0.4, 0.5) is 0 Å². The van der Waals surface area contributed by atoms with Crippen LogP contribution in [0.1, 0.15) is 20.8 Å². The molecule has 0 saturated heterocycles. The number of rotatable bonds is 2. The lowest BCUT2D eigenvalue weighted by molar-refractivity contribution is 0.627. The molecule has 1 nitrogen and oxygen atoms in total. The molecular weight excluding hydrogens is 118 g/mol. The van der Waals surface area contributed by atoms with Gasteiger partial charge >= 0.3 is 0 Å². The van der Waals surface area contributed by atoms with Crippen molar-refractivity contribution in [2.24, 2.45) is 5.92 Å².